The Balaban J connectivity index is 1.52. The Morgan fingerprint density at radius 1 is 1.30 bits per heavy atom. The number of hydrogen-bond acceptors (Lipinski definition) is 5. The van der Waals surface area contributed by atoms with E-state index in [4.69, 9.17) is 4.74 Å². The third-order valence-electron chi connectivity index (χ3n) is 3.83. The van der Waals surface area contributed by atoms with Gasteiger partial charge in [-0.1, -0.05) is 19.3 Å². The summed E-state index contributed by atoms with van der Waals surface area (Å²) in [7, 11) is 0. The molecule has 0 bridgehead atoms. The number of hydrogen-bond donors (Lipinski definition) is 1. The number of aryl methyl sites for hydroxylation is 1. The fourth-order valence-corrected chi connectivity index (χ4v) is 3.69. The molecule has 1 fully saturated rings. The van der Waals surface area contributed by atoms with E-state index >= 15 is 0 Å². The standard InChI is InChI=1S/C15H21N3OS/c1-11-9-20-14-13(11)17-10-18-15(14)16-7-8-19-12-5-3-2-4-6-12/h9-10,12H,2-8H2,1H3,(H,16,17,18). The first-order valence-corrected chi connectivity index (χ1v) is 8.27. The van der Waals surface area contributed by atoms with Gasteiger partial charge in [0.25, 0.3) is 0 Å². The number of anilines is 1. The molecule has 0 saturated heterocycles. The van der Waals surface area contributed by atoms with Gasteiger partial charge in [-0.3, -0.25) is 0 Å². The maximum Gasteiger partial charge on any atom is 0.147 e. The Morgan fingerprint density at radius 3 is 3.00 bits per heavy atom. The van der Waals surface area contributed by atoms with Crippen molar-refractivity contribution < 1.29 is 4.74 Å². The molecule has 0 atom stereocenters. The molecule has 108 valence electrons. The molecule has 0 spiro atoms. The topological polar surface area (TPSA) is 47.0 Å². The van der Waals surface area contributed by atoms with Gasteiger partial charge < -0.3 is 10.1 Å². The van der Waals surface area contributed by atoms with E-state index in [2.05, 4.69) is 27.6 Å². The summed E-state index contributed by atoms with van der Waals surface area (Å²) in [5, 5.41) is 5.50. The predicted molar refractivity (Wildman–Crippen MR) is 83.5 cm³/mol. The molecule has 3 rings (SSSR count). The van der Waals surface area contributed by atoms with Crippen LogP contribution in [0.15, 0.2) is 11.7 Å². The molecular formula is C15H21N3OS. The average molecular weight is 291 g/mol. The maximum absolute atomic E-state index is 5.92. The molecule has 0 amide bonds. The lowest BCUT2D eigenvalue weighted by Crippen LogP contribution is -2.20. The molecule has 20 heavy (non-hydrogen) atoms. The van der Waals surface area contributed by atoms with Crippen LogP contribution >= 0.6 is 11.3 Å². The van der Waals surface area contributed by atoms with Crippen LogP contribution < -0.4 is 5.32 Å². The largest absolute Gasteiger partial charge is 0.376 e. The predicted octanol–water partition coefficient (Wildman–Crippen LogP) is 3.76. The summed E-state index contributed by atoms with van der Waals surface area (Å²) < 4.78 is 7.06. The summed E-state index contributed by atoms with van der Waals surface area (Å²) in [5.41, 5.74) is 2.27. The second-order valence-corrected chi connectivity index (χ2v) is 6.26. The highest BCUT2D eigenvalue weighted by Gasteiger charge is 2.13. The van der Waals surface area contributed by atoms with E-state index in [1.165, 1.54) is 37.7 Å². The molecule has 1 aliphatic carbocycles. The first-order chi connectivity index (χ1) is 9.84. The lowest BCUT2D eigenvalue weighted by atomic mass is 9.98. The van der Waals surface area contributed by atoms with E-state index in [0.717, 1.165) is 29.2 Å². The molecule has 2 aromatic heterocycles. The van der Waals surface area contributed by atoms with Crippen LogP contribution in [0.2, 0.25) is 0 Å². The Bertz CT molecular complexity index is 563. The van der Waals surface area contributed by atoms with Crippen LogP contribution in [0.25, 0.3) is 10.2 Å². The smallest absolute Gasteiger partial charge is 0.147 e. The first kappa shape index (κ1) is 13.8. The van der Waals surface area contributed by atoms with Crippen molar-refractivity contribution in [3.8, 4) is 0 Å². The molecule has 0 radical (unpaired) electrons. The van der Waals surface area contributed by atoms with Crippen LogP contribution in [0.3, 0.4) is 0 Å². The zero-order valence-electron chi connectivity index (χ0n) is 11.9. The molecule has 2 heterocycles. The van der Waals surface area contributed by atoms with Crippen LogP contribution in [-0.2, 0) is 4.74 Å². The average Bonchev–Trinajstić information content (AvgIpc) is 2.87. The van der Waals surface area contributed by atoms with Gasteiger partial charge in [0.2, 0.25) is 0 Å². The van der Waals surface area contributed by atoms with Crippen molar-refractivity contribution in [3.05, 3.63) is 17.3 Å². The van der Waals surface area contributed by atoms with Crippen LogP contribution in [0.4, 0.5) is 5.82 Å². The summed E-state index contributed by atoms with van der Waals surface area (Å²) >= 11 is 1.70. The van der Waals surface area contributed by atoms with Crippen molar-refractivity contribution in [1.29, 1.82) is 0 Å². The highest BCUT2D eigenvalue weighted by atomic mass is 32.1. The van der Waals surface area contributed by atoms with Crippen molar-refractivity contribution in [3.63, 3.8) is 0 Å². The molecule has 1 N–H and O–H groups in total. The lowest BCUT2D eigenvalue weighted by molar-refractivity contribution is 0.0347. The molecule has 0 aromatic carbocycles. The van der Waals surface area contributed by atoms with Crippen molar-refractivity contribution in [2.45, 2.75) is 45.1 Å². The number of nitrogens with one attached hydrogen (secondary N) is 1. The Morgan fingerprint density at radius 2 is 2.15 bits per heavy atom. The van der Waals surface area contributed by atoms with E-state index in [0.29, 0.717) is 6.10 Å². The van der Waals surface area contributed by atoms with E-state index in [-0.39, 0.29) is 0 Å². The normalized spacial score (nSPS) is 16.6. The minimum absolute atomic E-state index is 0.472. The van der Waals surface area contributed by atoms with Gasteiger partial charge in [0.15, 0.2) is 0 Å². The summed E-state index contributed by atoms with van der Waals surface area (Å²) in [5.74, 6) is 0.931. The summed E-state index contributed by atoms with van der Waals surface area (Å²) in [6.07, 6.45) is 8.56. The number of nitrogens with zero attached hydrogens (tertiary/aromatic N) is 2. The van der Waals surface area contributed by atoms with Gasteiger partial charge >= 0.3 is 0 Å². The summed E-state index contributed by atoms with van der Waals surface area (Å²) in [6.45, 7) is 3.64. The minimum atomic E-state index is 0.472. The second-order valence-electron chi connectivity index (χ2n) is 5.38. The van der Waals surface area contributed by atoms with Gasteiger partial charge in [0.1, 0.15) is 12.1 Å². The zero-order valence-corrected chi connectivity index (χ0v) is 12.7. The molecule has 4 nitrogen and oxygen atoms in total. The number of ether oxygens (including phenoxy) is 1. The Hall–Kier alpha value is -1.20. The maximum atomic E-state index is 5.92. The van der Waals surface area contributed by atoms with E-state index in [9.17, 15) is 0 Å². The van der Waals surface area contributed by atoms with Gasteiger partial charge in [0, 0.05) is 6.54 Å². The fraction of sp³-hybridized carbons (Fsp3) is 0.600. The zero-order chi connectivity index (χ0) is 13.8. The van der Waals surface area contributed by atoms with Crippen molar-refractivity contribution >= 4 is 27.4 Å². The monoisotopic (exact) mass is 291 g/mol. The number of rotatable bonds is 5. The molecule has 5 heteroatoms. The third kappa shape index (κ3) is 3.10. The van der Waals surface area contributed by atoms with Crippen molar-refractivity contribution in [1.82, 2.24) is 9.97 Å². The quantitative estimate of drug-likeness (QED) is 0.852. The van der Waals surface area contributed by atoms with Crippen LogP contribution in [0, 0.1) is 6.92 Å². The highest BCUT2D eigenvalue weighted by Crippen LogP contribution is 2.28. The van der Waals surface area contributed by atoms with E-state index in [1.54, 1.807) is 17.7 Å². The number of aromatic nitrogens is 2. The highest BCUT2D eigenvalue weighted by molar-refractivity contribution is 7.18. The third-order valence-corrected chi connectivity index (χ3v) is 4.92. The van der Waals surface area contributed by atoms with Gasteiger partial charge in [0.05, 0.1) is 22.9 Å². The second kappa shape index (κ2) is 6.50. The first-order valence-electron chi connectivity index (χ1n) is 7.39. The van der Waals surface area contributed by atoms with Crippen LogP contribution in [0.5, 0.6) is 0 Å². The number of fused-ring (bicyclic) bond motifs is 1. The molecule has 1 aliphatic rings. The van der Waals surface area contributed by atoms with Crippen molar-refractivity contribution in [2.75, 3.05) is 18.5 Å². The lowest BCUT2D eigenvalue weighted by Gasteiger charge is -2.22. The van der Waals surface area contributed by atoms with Gasteiger partial charge in [-0.15, -0.1) is 11.3 Å². The summed E-state index contributed by atoms with van der Waals surface area (Å²) in [6, 6.07) is 0. The fourth-order valence-electron chi connectivity index (χ4n) is 2.72. The van der Waals surface area contributed by atoms with Gasteiger partial charge in [-0.05, 0) is 30.7 Å². The Labute approximate surface area is 123 Å². The van der Waals surface area contributed by atoms with E-state index < -0.39 is 0 Å². The SMILES string of the molecule is Cc1csc2c(NCCOC3CCCCC3)ncnc12. The molecule has 1 saturated carbocycles. The van der Waals surface area contributed by atoms with Crippen LogP contribution in [0.1, 0.15) is 37.7 Å². The molecular weight excluding hydrogens is 270 g/mol. The Kier molecular flexibility index (Phi) is 4.47. The van der Waals surface area contributed by atoms with Crippen LogP contribution in [-0.4, -0.2) is 29.2 Å². The number of thiophene rings is 1. The molecule has 2 aromatic rings. The summed E-state index contributed by atoms with van der Waals surface area (Å²) in [4.78, 5) is 8.67. The van der Waals surface area contributed by atoms with Gasteiger partial charge in [-0.25, -0.2) is 9.97 Å². The van der Waals surface area contributed by atoms with Crippen molar-refractivity contribution in [2.24, 2.45) is 0 Å². The minimum Gasteiger partial charge on any atom is -0.376 e. The molecule has 0 aliphatic heterocycles. The molecule has 0 unspecified atom stereocenters. The van der Waals surface area contributed by atoms with Gasteiger partial charge in [-0.2, -0.15) is 0 Å². The van der Waals surface area contributed by atoms with E-state index in [1.807, 2.05) is 0 Å².